The number of benzene rings is 3. The Balaban J connectivity index is 2.07. The van der Waals surface area contributed by atoms with Crippen molar-refractivity contribution in [2.24, 2.45) is 0 Å². The molecule has 0 heterocycles. The number of amides is 2. The summed E-state index contributed by atoms with van der Waals surface area (Å²) in [7, 11) is -0.977. The molecule has 10 heteroatoms. The fourth-order valence-corrected chi connectivity index (χ4v) is 5.32. The lowest BCUT2D eigenvalue weighted by Gasteiger charge is -2.34. The monoisotopic (exact) mass is 595 g/mol. The average molecular weight is 596 g/mol. The van der Waals surface area contributed by atoms with E-state index in [9.17, 15) is 18.0 Å². The van der Waals surface area contributed by atoms with Gasteiger partial charge in [-0.1, -0.05) is 67.1 Å². The van der Waals surface area contributed by atoms with E-state index in [0.29, 0.717) is 11.5 Å². The van der Waals surface area contributed by atoms with Gasteiger partial charge < -0.3 is 19.7 Å². The first-order chi connectivity index (χ1) is 20.0. The molecular weight excluding hydrogens is 554 g/mol. The van der Waals surface area contributed by atoms with Crippen LogP contribution in [0, 0.1) is 6.92 Å². The molecule has 0 fully saturated rings. The predicted octanol–water partition coefficient (Wildman–Crippen LogP) is 4.33. The molecule has 0 saturated heterocycles. The van der Waals surface area contributed by atoms with E-state index in [4.69, 9.17) is 9.47 Å². The Hall–Kier alpha value is -4.05. The number of carbonyl (C=O) groups excluding carboxylic acids is 2. The third-order valence-electron chi connectivity index (χ3n) is 7.08. The Bertz CT molecular complexity index is 1440. The van der Waals surface area contributed by atoms with Crippen molar-refractivity contribution in [2.45, 2.75) is 52.2 Å². The Morgan fingerprint density at radius 3 is 2.12 bits per heavy atom. The van der Waals surface area contributed by atoms with Gasteiger partial charge in [0.05, 0.1) is 26.2 Å². The summed E-state index contributed by atoms with van der Waals surface area (Å²) in [6.07, 6.45) is 2.02. The molecule has 0 radical (unpaired) electrons. The molecule has 1 N–H and O–H groups in total. The number of methoxy groups -OCH3 is 2. The Labute approximate surface area is 249 Å². The second kappa shape index (κ2) is 14.7. The second-order valence-electron chi connectivity index (χ2n) is 10.3. The third kappa shape index (κ3) is 8.72. The van der Waals surface area contributed by atoms with Gasteiger partial charge in [0.2, 0.25) is 21.8 Å². The molecule has 0 aliphatic carbocycles. The Kier molecular flexibility index (Phi) is 11.4. The van der Waals surface area contributed by atoms with Crippen LogP contribution in [0.2, 0.25) is 0 Å². The average Bonchev–Trinajstić information content (AvgIpc) is 2.97. The normalized spacial score (nSPS) is 12.6. The summed E-state index contributed by atoms with van der Waals surface area (Å²) < 4.78 is 37.7. The number of sulfonamides is 1. The van der Waals surface area contributed by atoms with E-state index in [1.165, 1.54) is 25.2 Å². The van der Waals surface area contributed by atoms with E-state index in [2.05, 4.69) is 5.32 Å². The predicted molar refractivity (Wildman–Crippen MR) is 165 cm³/mol. The van der Waals surface area contributed by atoms with E-state index in [0.717, 1.165) is 33.7 Å². The summed E-state index contributed by atoms with van der Waals surface area (Å²) in [4.78, 5) is 29.4. The van der Waals surface area contributed by atoms with E-state index in [1.807, 2.05) is 75.4 Å². The fraction of sp³-hybridized carbons (Fsp3) is 0.375. The SMILES string of the molecule is CC[C@@H](C)NC(=O)[C@@H](Cc1ccccc1)N(Cc1ccc(C)cc1)C(=O)CN(c1ccc(OC)c(OC)c1)S(C)(=O)=O. The highest BCUT2D eigenvalue weighted by Gasteiger charge is 2.33. The number of hydrogen-bond acceptors (Lipinski definition) is 6. The van der Waals surface area contributed by atoms with Crippen molar-refractivity contribution >= 4 is 27.5 Å². The van der Waals surface area contributed by atoms with Crippen molar-refractivity contribution in [3.63, 3.8) is 0 Å². The molecule has 0 aliphatic rings. The van der Waals surface area contributed by atoms with Crippen LogP contribution in [0.1, 0.15) is 37.0 Å². The van der Waals surface area contributed by atoms with Crippen LogP contribution in [0.5, 0.6) is 11.5 Å². The minimum Gasteiger partial charge on any atom is -0.493 e. The number of aryl methyl sites for hydroxylation is 1. The van der Waals surface area contributed by atoms with Gasteiger partial charge in [0, 0.05) is 25.1 Å². The van der Waals surface area contributed by atoms with Crippen LogP contribution in [0.4, 0.5) is 5.69 Å². The van der Waals surface area contributed by atoms with E-state index < -0.39 is 28.5 Å². The largest absolute Gasteiger partial charge is 0.493 e. The van der Waals surface area contributed by atoms with Crippen molar-refractivity contribution in [3.05, 3.63) is 89.5 Å². The molecule has 0 spiro atoms. The summed E-state index contributed by atoms with van der Waals surface area (Å²) in [6.45, 7) is 5.46. The Morgan fingerprint density at radius 1 is 0.905 bits per heavy atom. The van der Waals surface area contributed by atoms with Crippen molar-refractivity contribution < 1.29 is 27.5 Å². The molecular formula is C32H41N3O6S. The first kappa shape index (κ1) is 32.5. The standard InChI is InChI=1S/C32H41N3O6S/c1-7-24(3)33-32(37)28(19-25-11-9-8-10-12-25)34(21-26-15-13-23(2)14-16-26)31(36)22-35(42(6,38)39)27-17-18-29(40-4)30(20-27)41-5/h8-18,20,24,28H,7,19,21-22H2,1-6H3,(H,33,37)/t24-,28-/m1/s1. The van der Waals surface area contributed by atoms with E-state index >= 15 is 0 Å². The van der Waals surface area contributed by atoms with Crippen molar-refractivity contribution in [1.82, 2.24) is 10.2 Å². The fourth-order valence-electron chi connectivity index (χ4n) is 4.48. The maximum absolute atomic E-state index is 14.2. The van der Waals surface area contributed by atoms with E-state index in [1.54, 1.807) is 12.1 Å². The lowest BCUT2D eigenvalue weighted by atomic mass is 10.0. The summed E-state index contributed by atoms with van der Waals surface area (Å²) >= 11 is 0. The molecule has 226 valence electrons. The van der Waals surface area contributed by atoms with Crippen LogP contribution in [-0.4, -0.2) is 64.2 Å². The number of nitrogens with one attached hydrogen (secondary N) is 1. The van der Waals surface area contributed by atoms with Gasteiger partial charge in [-0.2, -0.15) is 0 Å². The zero-order valence-electron chi connectivity index (χ0n) is 25.2. The second-order valence-corrected chi connectivity index (χ2v) is 12.2. The van der Waals surface area contributed by atoms with Gasteiger partial charge >= 0.3 is 0 Å². The number of carbonyl (C=O) groups is 2. The maximum Gasteiger partial charge on any atom is 0.244 e. The smallest absolute Gasteiger partial charge is 0.244 e. The van der Waals surface area contributed by atoms with Crippen LogP contribution in [0.25, 0.3) is 0 Å². The molecule has 2 atom stereocenters. The van der Waals surface area contributed by atoms with Crippen molar-refractivity contribution in [3.8, 4) is 11.5 Å². The van der Waals surface area contributed by atoms with Gasteiger partial charge in [-0.05, 0) is 43.5 Å². The van der Waals surface area contributed by atoms with Gasteiger partial charge in [-0.3, -0.25) is 13.9 Å². The van der Waals surface area contributed by atoms with Crippen molar-refractivity contribution in [1.29, 1.82) is 0 Å². The maximum atomic E-state index is 14.2. The lowest BCUT2D eigenvalue weighted by molar-refractivity contribution is -0.140. The molecule has 2 amide bonds. The summed E-state index contributed by atoms with van der Waals surface area (Å²) in [5, 5.41) is 3.03. The molecule has 0 aromatic heterocycles. The number of ether oxygens (including phenoxy) is 2. The van der Waals surface area contributed by atoms with Gasteiger partial charge in [0.25, 0.3) is 0 Å². The molecule has 0 bridgehead atoms. The molecule has 0 saturated carbocycles. The highest BCUT2D eigenvalue weighted by atomic mass is 32.2. The lowest BCUT2D eigenvalue weighted by Crippen LogP contribution is -2.54. The first-order valence-corrected chi connectivity index (χ1v) is 15.7. The zero-order valence-corrected chi connectivity index (χ0v) is 26.0. The van der Waals surface area contributed by atoms with Crippen LogP contribution in [-0.2, 0) is 32.6 Å². The molecule has 3 aromatic carbocycles. The quantitative estimate of drug-likeness (QED) is 0.298. The topological polar surface area (TPSA) is 105 Å². The molecule has 0 unspecified atom stereocenters. The molecule has 42 heavy (non-hydrogen) atoms. The molecule has 0 aliphatic heterocycles. The van der Waals surface area contributed by atoms with Crippen LogP contribution < -0.4 is 19.1 Å². The minimum absolute atomic E-state index is 0.105. The molecule has 9 nitrogen and oxygen atoms in total. The van der Waals surface area contributed by atoms with Gasteiger partial charge in [-0.25, -0.2) is 8.42 Å². The van der Waals surface area contributed by atoms with Crippen LogP contribution in [0.3, 0.4) is 0 Å². The Morgan fingerprint density at radius 2 is 1.55 bits per heavy atom. The summed E-state index contributed by atoms with van der Waals surface area (Å²) in [5.74, 6) is -0.0733. The van der Waals surface area contributed by atoms with Crippen molar-refractivity contribution in [2.75, 3.05) is 31.3 Å². The van der Waals surface area contributed by atoms with E-state index in [-0.39, 0.29) is 30.6 Å². The first-order valence-electron chi connectivity index (χ1n) is 13.9. The number of rotatable bonds is 14. The number of hydrogen-bond donors (Lipinski definition) is 1. The van der Waals surface area contributed by atoms with Gasteiger partial charge in [0.15, 0.2) is 11.5 Å². The summed E-state index contributed by atoms with van der Waals surface area (Å²) in [5.41, 5.74) is 3.00. The molecule has 3 rings (SSSR count). The summed E-state index contributed by atoms with van der Waals surface area (Å²) in [6, 6.07) is 20.8. The van der Waals surface area contributed by atoms with Gasteiger partial charge in [-0.15, -0.1) is 0 Å². The van der Waals surface area contributed by atoms with Gasteiger partial charge in [0.1, 0.15) is 12.6 Å². The van der Waals surface area contributed by atoms with Crippen LogP contribution >= 0.6 is 0 Å². The zero-order chi connectivity index (χ0) is 30.9. The highest BCUT2D eigenvalue weighted by molar-refractivity contribution is 7.92. The van der Waals surface area contributed by atoms with Crippen LogP contribution in [0.15, 0.2) is 72.8 Å². The number of anilines is 1. The highest BCUT2D eigenvalue weighted by Crippen LogP contribution is 2.32. The minimum atomic E-state index is -3.91. The number of nitrogens with zero attached hydrogens (tertiary/aromatic N) is 2. The molecule has 3 aromatic rings. The third-order valence-corrected chi connectivity index (χ3v) is 8.22.